The summed E-state index contributed by atoms with van der Waals surface area (Å²) in [5.41, 5.74) is 1.71. The third-order valence-electron chi connectivity index (χ3n) is 4.67. The van der Waals surface area contributed by atoms with Crippen LogP contribution in [0.5, 0.6) is 0 Å². The van der Waals surface area contributed by atoms with Crippen LogP contribution in [0.25, 0.3) is 0 Å². The summed E-state index contributed by atoms with van der Waals surface area (Å²) in [6.45, 7) is 4.96. The Morgan fingerprint density at radius 2 is 1.65 bits per heavy atom. The largest absolute Gasteiger partial charge is 0.320 e. The summed E-state index contributed by atoms with van der Waals surface area (Å²) in [5.74, 6) is -0.158. The molecule has 0 saturated carbocycles. The molecule has 1 N–H and O–H groups in total. The highest BCUT2D eigenvalue weighted by atomic mass is 32.2. The topological polar surface area (TPSA) is 70.4 Å². The van der Waals surface area contributed by atoms with Crippen molar-refractivity contribution in [3.63, 3.8) is 0 Å². The minimum atomic E-state index is -3.43. The number of carbonyl (C=O) groups excluding carboxylic acids is 1. The van der Waals surface area contributed by atoms with Crippen LogP contribution in [0.4, 0.5) is 5.69 Å². The number of nitrogens with one attached hydrogen (secondary N) is 1. The Labute approximate surface area is 154 Å². The molecule has 2 aromatic rings. The molecule has 1 aromatic carbocycles. The van der Waals surface area contributed by atoms with Gasteiger partial charge in [0.2, 0.25) is 16.1 Å². The first-order chi connectivity index (χ1) is 12.4. The molecule has 3 rings (SSSR count). The second-order valence-electron chi connectivity index (χ2n) is 6.62. The van der Waals surface area contributed by atoms with Gasteiger partial charge in [-0.2, -0.15) is 8.87 Å². The van der Waals surface area contributed by atoms with E-state index >= 15 is 0 Å². The van der Waals surface area contributed by atoms with Gasteiger partial charge in [-0.25, -0.2) is 8.42 Å². The fraction of sp³-hybridized carbons (Fsp3) is 0.368. The molecule has 2 heterocycles. The van der Waals surface area contributed by atoms with E-state index in [0.717, 1.165) is 18.4 Å². The molecule has 0 bridgehead atoms. The zero-order valence-corrected chi connectivity index (χ0v) is 15.9. The number of rotatable bonds is 5. The number of pyridine rings is 1. The minimum absolute atomic E-state index is 0.158. The zero-order valence-electron chi connectivity index (χ0n) is 15.1. The fourth-order valence-electron chi connectivity index (χ4n) is 2.94. The lowest BCUT2D eigenvalue weighted by Crippen LogP contribution is -2.43. The molecule has 1 aliphatic rings. The van der Waals surface area contributed by atoms with Crippen LogP contribution in [0.1, 0.15) is 31.4 Å². The van der Waals surface area contributed by atoms with Gasteiger partial charge in [-0.1, -0.05) is 0 Å². The zero-order chi connectivity index (χ0) is 18.7. The first-order valence-corrected chi connectivity index (χ1v) is 10.2. The van der Waals surface area contributed by atoms with Crippen LogP contribution in [0.3, 0.4) is 0 Å². The first kappa shape index (κ1) is 18.5. The number of hydrogen-bond acceptors (Lipinski definition) is 3. The first-order valence-electron chi connectivity index (χ1n) is 8.76. The summed E-state index contributed by atoms with van der Waals surface area (Å²) in [6, 6.07) is 9.88. The number of amides is 1. The monoisotopic (exact) mass is 374 g/mol. The predicted octanol–water partition coefficient (Wildman–Crippen LogP) is 2.27. The molecule has 1 atom stereocenters. The SMILES string of the molecule is Cc1cc[n+]([C@@H](C)C(=O)Nc2ccc(S(=O)(=O)N3CCCC3)cc2)cc1. The summed E-state index contributed by atoms with van der Waals surface area (Å²) in [5, 5.41) is 2.83. The van der Waals surface area contributed by atoms with Gasteiger partial charge in [0.15, 0.2) is 12.4 Å². The van der Waals surface area contributed by atoms with E-state index in [-0.39, 0.29) is 16.8 Å². The smallest absolute Gasteiger partial charge is 0.293 e. The van der Waals surface area contributed by atoms with Gasteiger partial charge in [-0.3, -0.25) is 4.79 Å². The van der Waals surface area contributed by atoms with Crippen molar-refractivity contribution >= 4 is 21.6 Å². The molecule has 1 fully saturated rings. The minimum Gasteiger partial charge on any atom is -0.320 e. The van der Waals surface area contributed by atoms with Crippen molar-refractivity contribution < 1.29 is 17.8 Å². The van der Waals surface area contributed by atoms with Crippen molar-refractivity contribution in [1.29, 1.82) is 0 Å². The third-order valence-corrected chi connectivity index (χ3v) is 6.58. The molecule has 0 unspecified atom stereocenters. The summed E-state index contributed by atoms with van der Waals surface area (Å²) in [7, 11) is -3.43. The van der Waals surface area contributed by atoms with Crippen LogP contribution in [0, 0.1) is 6.92 Å². The van der Waals surface area contributed by atoms with Crippen LogP contribution < -0.4 is 9.88 Å². The van der Waals surface area contributed by atoms with Crippen molar-refractivity contribution in [3.05, 3.63) is 54.4 Å². The Morgan fingerprint density at radius 1 is 1.08 bits per heavy atom. The number of aromatic nitrogens is 1. The number of carbonyl (C=O) groups is 1. The highest BCUT2D eigenvalue weighted by Crippen LogP contribution is 2.22. The Bertz CT molecular complexity index is 871. The Morgan fingerprint density at radius 3 is 2.23 bits per heavy atom. The van der Waals surface area contributed by atoms with Gasteiger partial charge >= 0.3 is 0 Å². The summed E-state index contributed by atoms with van der Waals surface area (Å²) < 4.78 is 28.4. The lowest BCUT2D eigenvalue weighted by Gasteiger charge is -2.15. The highest BCUT2D eigenvalue weighted by molar-refractivity contribution is 7.89. The Kier molecular flexibility index (Phi) is 5.38. The molecule has 1 aliphatic heterocycles. The van der Waals surface area contributed by atoms with Crippen molar-refractivity contribution in [3.8, 4) is 0 Å². The number of aryl methyl sites for hydroxylation is 1. The van der Waals surface area contributed by atoms with Crippen LogP contribution in [-0.4, -0.2) is 31.7 Å². The van der Waals surface area contributed by atoms with Crippen molar-refractivity contribution in [2.75, 3.05) is 18.4 Å². The maximum absolute atomic E-state index is 12.5. The standard InChI is InChI=1S/C19H23N3O3S/c1-15-9-13-21(14-10-15)16(2)19(23)20-17-5-7-18(8-6-17)26(24,25)22-11-3-4-12-22/h5-10,13-14,16H,3-4,11-12H2,1-2H3/p+1/t16-/m0/s1. The number of benzene rings is 1. The van der Waals surface area contributed by atoms with Gasteiger partial charge < -0.3 is 5.32 Å². The normalized spacial score (nSPS) is 16.4. The lowest BCUT2D eigenvalue weighted by atomic mass is 10.2. The van der Waals surface area contributed by atoms with Crippen molar-refractivity contribution in [1.82, 2.24) is 4.31 Å². The molecule has 1 amide bonds. The summed E-state index contributed by atoms with van der Waals surface area (Å²) >= 11 is 0. The van der Waals surface area contributed by atoms with Crippen LogP contribution in [0.15, 0.2) is 53.7 Å². The Hall–Kier alpha value is -2.25. The van der Waals surface area contributed by atoms with Crippen LogP contribution in [-0.2, 0) is 14.8 Å². The van der Waals surface area contributed by atoms with E-state index < -0.39 is 10.0 Å². The maximum atomic E-state index is 12.5. The van der Waals surface area contributed by atoms with Gasteiger partial charge in [0.25, 0.3) is 5.91 Å². The van der Waals surface area contributed by atoms with Crippen LogP contribution >= 0.6 is 0 Å². The average molecular weight is 374 g/mol. The number of sulfonamides is 1. The van der Waals surface area contributed by atoms with E-state index in [2.05, 4.69) is 5.32 Å². The van der Waals surface area contributed by atoms with Gasteiger partial charge in [0.05, 0.1) is 4.90 Å². The molecule has 1 saturated heterocycles. The van der Waals surface area contributed by atoms with Gasteiger partial charge in [0.1, 0.15) is 0 Å². The van der Waals surface area contributed by atoms with Gasteiger partial charge in [-0.15, -0.1) is 0 Å². The maximum Gasteiger partial charge on any atom is 0.293 e. The highest BCUT2D eigenvalue weighted by Gasteiger charge is 2.27. The summed E-state index contributed by atoms with van der Waals surface area (Å²) in [6.07, 6.45) is 5.54. The second-order valence-corrected chi connectivity index (χ2v) is 8.56. The molecule has 1 aromatic heterocycles. The van der Waals surface area contributed by atoms with E-state index in [4.69, 9.17) is 0 Å². The number of nitrogens with zero attached hydrogens (tertiary/aromatic N) is 2. The molecular weight excluding hydrogens is 350 g/mol. The molecule has 0 spiro atoms. The van der Waals surface area contributed by atoms with Crippen molar-refractivity contribution in [2.45, 2.75) is 37.6 Å². The van der Waals surface area contributed by atoms with Crippen LogP contribution in [0.2, 0.25) is 0 Å². The Balaban J connectivity index is 1.69. The molecular formula is C19H24N3O3S+. The molecule has 138 valence electrons. The van der Waals surface area contributed by atoms with Gasteiger partial charge in [0, 0.05) is 37.8 Å². The third kappa shape index (κ3) is 3.94. The predicted molar refractivity (Wildman–Crippen MR) is 99.1 cm³/mol. The molecule has 6 nitrogen and oxygen atoms in total. The van der Waals surface area contributed by atoms with E-state index in [0.29, 0.717) is 18.8 Å². The number of hydrogen-bond donors (Lipinski definition) is 1. The van der Waals surface area contributed by atoms with E-state index in [1.165, 1.54) is 4.31 Å². The summed E-state index contributed by atoms with van der Waals surface area (Å²) in [4.78, 5) is 12.7. The molecule has 0 radical (unpaired) electrons. The fourth-order valence-corrected chi connectivity index (χ4v) is 4.46. The van der Waals surface area contributed by atoms with Crippen molar-refractivity contribution in [2.24, 2.45) is 0 Å². The van der Waals surface area contributed by atoms with E-state index in [9.17, 15) is 13.2 Å². The second kappa shape index (κ2) is 7.55. The van der Waals surface area contributed by atoms with Gasteiger partial charge in [-0.05, 0) is 49.6 Å². The van der Waals surface area contributed by atoms with E-state index in [1.54, 1.807) is 24.3 Å². The molecule has 26 heavy (non-hydrogen) atoms. The lowest BCUT2D eigenvalue weighted by molar-refractivity contribution is -0.705. The molecule has 7 heteroatoms. The number of anilines is 1. The average Bonchev–Trinajstić information content (AvgIpc) is 3.18. The quantitative estimate of drug-likeness (QED) is 0.816. The molecule has 0 aliphatic carbocycles. The van der Waals surface area contributed by atoms with E-state index in [1.807, 2.05) is 42.9 Å².